The van der Waals surface area contributed by atoms with Crippen molar-refractivity contribution < 1.29 is 9.59 Å². The van der Waals surface area contributed by atoms with Crippen LogP contribution in [0.2, 0.25) is 0 Å². The van der Waals surface area contributed by atoms with E-state index in [1.54, 1.807) is 12.5 Å². The van der Waals surface area contributed by atoms with Crippen molar-refractivity contribution in [2.75, 3.05) is 13.1 Å². The fourth-order valence-electron chi connectivity index (χ4n) is 4.82. The van der Waals surface area contributed by atoms with Crippen molar-refractivity contribution in [3.8, 4) is 0 Å². The zero-order valence-electron chi connectivity index (χ0n) is 18.8. The number of rotatable bonds is 4. The molecule has 166 valence electrons. The number of pyridine rings is 1. The minimum absolute atomic E-state index is 0.0295. The number of likely N-dealkylation sites (tertiary alicyclic amines) is 1. The summed E-state index contributed by atoms with van der Waals surface area (Å²) < 4.78 is 1.94. The molecule has 0 bridgehead atoms. The standard InChI is InChI=1S/C25H29N5O2/c1-15-11-18(12-21-22(15)27-14-29(21)3)25(32)30-10-8-20(16(2)13-30)28-24(31)23-19(17-6-7-17)5-4-9-26-23/h4-5,9,11-12,14,16-17,20H,6-8,10,13H2,1-3H3,(H,28,31)/t16-,20+/m0/s1. The first-order valence-electron chi connectivity index (χ1n) is 11.4. The van der Waals surface area contributed by atoms with Crippen LogP contribution >= 0.6 is 0 Å². The first-order chi connectivity index (χ1) is 15.4. The highest BCUT2D eigenvalue weighted by Gasteiger charge is 2.33. The van der Waals surface area contributed by atoms with E-state index in [1.165, 1.54) is 0 Å². The van der Waals surface area contributed by atoms with Gasteiger partial charge in [0.25, 0.3) is 11.8 Å². The average molecular weight is 432 g/mol. The van der Waals surface area contributed by atoms with E-state index >= 15 is 0 Å². The third-order valence-electron chi connectivity index (χ3n) is 6.85. The van der Waals surface area contributed by atoms with Crippen LogP contribution in [0.5, 0.6) is 0 Å². The van der Waals surface area contributed by atoms with Crippen molar-refractivity contribution >= 4 is 22.8 Å². The molecule has 1 saturated carbocycles. The van der Waals surface area contributed by atoms with Gasteiger partial charge in [-0.1, -0.05) is 13.0 Å². The number of hydrogen-bond acceptors (Lipinski definition) is 4. The van der Waals surface area contributed by atoms with Gasteiger partial charge in [0.2, 0.25) is 0 Å². The molecule has 2 fully saturated rings. The number of piperidine rings is 1. The quantitative estimate of drug-likeness (QED) is 0.686. The lowest BCUT2D eigenvalue weighted by molar-refractivity contribution is 0.0632. The molecule has 32 heavy (non-hydrogen) atoms. The van der Waals surface area contributed by atoms with E-state index < -0.39 is 0 Å². The molecule has 2 aromatic heterocycles. The zero-order valence-corrected chi connectivity index (χ0v) is 18.8. The lowest BCUT2D eigenvalue weighted by Gasteiger charge is -2.37. The highest BCUT2D eigenvalue weighted by Crippen LogP contribution is 2.41. The maximum atomic E-state index is 13.3. The molecule has 7 nitrogen and oxygen atoms in total. The number of aromatic nitrogens is 3. The number of benzene rings is 1. The minimum Gasteiger partial charge on any atom is -0.348 e. The van der Waals surface area contributed by atoms with Gasteiger partial charge in [0.1, 0.15) is 5.69 Å². The Hall–Kier alpha value is -3.22. The van der Waals surface area contributed by atoms with Gasteiger partial charge < -0.3 is 14.8 Å². The Morgan fingerprint density at radius 3 is 2.72 bits per heavy atom. The molecule has 1 aliphatic carbocycles. The molecule has 2 aliphatic rings. The van der Waals surface area contributed by atoms with Crippen molar-refractivity contribution in [2.24, 2.45) is 13.0 Å². The number of carbonyl (C=O) groups is 2. The summed E-state index contributed by atoms with van der Waals surface area (Å²) in [5, 5.41) is 3.19. The lowest BCUT2D eigenvalue weighted by Crippen LogP contribution is -2.51. The summed E-state index contributed by atoms with van der Waals surface area (Å²) in [6.45, 7) is 5.32. The van der Waals surface area contributed by atoms with Crippen molar-refractivity contribution in [2.45, 2.75) is 45.1 Å². The van der Waals surface area contributed by atoms with Crippen LogP contribution in [0, 0.1) is 12.8 Å². The second-order valence-electron chi connectivity index (χ2n) is 9.33. The van der Waals surface area contributed by atoms with Crippen LogP contribution in [-0.4, -0.2) is 50.4 Å². The van der Waals surface area contributed by atoms with Crippen molar-refractivity contribution in [3.63, 3.8) is 0 Å². The summed E-state index contributed by atoms with van der Waals surface area (Å²) in [7, 11) is 1.94. The second-order valence-corrected chi connectivity index (χ2v) is 9.33. The molecule has 7 heteroatoms. The molecule has 0 unspecified atom stereocenters. The molecule has 3 heterocycles. The smallest absolute Gasteiger partial charge is 0.270 e. The van der Waals surface area contributed by atoms with Crippen LogP contribution in [0.4, 0.5) is 0 Å². The number of nitrogens with one attached hydrogen (secondary N) is 1. The number of amides is 2. The van der Waals surface area contributed by atoms with E-state index in [2.05, 4.69) is 22.2 Å². The molecule has 0 spiro atoms. The first kappa shape index (κ1) is 20.7. The fraction of sp³-hybridized carbons (Fsp3) is 0.440. The first-order valence-corrected chi connectivity index (χ1v) is 11.4. The zero-order chi connectivity index (χ0) is 22.4. The second kappa shape index (κ2) is 8.04. The van der Waals surface area contributed by atoms with Crippen LogP contribution < -0.4 is 5.32 Å². The van der Waals surface area contributed by atoms with Crippen molar-refractivity contribution in [1.29, 1.82) is 0 Å². The molecule has 1 N–H and O–H groups in total. The Labute approximate surface area is 187 Å². The van der Waals surface area contributed by atoms with Crippen LogP contribution in [0.25, 0.3) is 11.0 Å². The molecule has 1 aliphatic heterocycles. The van der Waals surface area contributed by atoms with Crippen molar-refractivity contribution in [3.05, 3.63) is 59.2 Å². The predicted molar refractivity (Wildman–Crippen MR) is 123 cm³/mol. The Morgan fingerprint density at radius 1 is 1.16 bits per heavy atom. The number of fused-ring (bicyclic) bond motifs is 1. The van der Waals surface area contributed by atoms with Crippen LogP contribution in [0.1, 0.15) is 64.1 Å². The van der Waals surface area contributed by atoms with Gasteiger partial charge >= 0.3 is 0 Å². The monoisotopic (exact) mass is 431 g/mol. The SMILES string of the molecule is Cc1cc(C(=O)N2CC[C@@H](NC(=O)c3ncccc3C3CC3)[C@@H](C)C2)cc2c1ncn2C. The maximum Gasteiger partial charge on any atom is 0.270 e. The third kappa shape index (κ3) is 3.76. The van der Waals surface area contributed by atoms with Crippen LogP contribution in [0.3, 0.4) is 0 Å². The van der Waals surface area contributed by atoms with Crippen LogP contribution in [-0.2, 0) is 7.05 Å². The minimum atomic E-state index is -0.0959. The lowest BCUT2D eigenvalue weighted by atomic mass is 9.92. The van der Waals surface area contributed by atoms with Gasteiger partial charge in [0, 0.05) is 37.9 Å². The predicted octanol–water partition coefficient (Wildman–Crippen LogP) is 3.43. The fourth-order valence-corrected chi connectivity index (χ4v) is 4.82. The topological polar surface area (TPSA) is 80.1 Å². The maximum absolute atomic E-state index is 13.3. The Bertz CT molecular complexity index is 1200. The Kier molecular flexibility index (Phi) is 5.19. The van der Waals surface area contributed by atoms with E-state index in [-0.39, 0.29) is 23.8 Å². The van der Waals surface area contributed by atoms with Gasteiger partial charge in [-0.15, -0.1) is 0 Å². The van der Waals surface area contributed by atoms with Gasteiger partial charge in [-0.3, -0.25) is 14.6 Å². The molecular formula is C25H29N5O2. The summed E-state index contributed by atoms with van der Waals surface area (Å²) in [5.74, 6) is 0.572. The average Bonchev–Trinajstić information content (AvgIpc) is 3.57. The van der Waals surface area contributed by atoms with E-state index in [0.29, 0.717) is 30.3 Å². The van der Waals surface area contributed by atoms with E-state index in [4.69, 9.17) is 0 Å². The number of carbonyl (C=O) groups excluding carboxylic acids is 2. The number of hydrogen-bond donors (Lipinski definition) is 1. The summed E-state index contributed by atoms with van der Waals surface area (Å²) in [4.78, 5) is 36.9. The normalized spacial score (nSPS) is 21.0. The molecule has 1 aromatic carbocycles. The highest BCUT2D eigenvalue weighted by atomic mass is 16.2. The molecule has 2 atom stereocenters. The number of aryl methyl sites for hydroxylation is 2. The third-order valence-corrected chi connectivity index (χ3v) is 6.85. The molecule has 5 rings (SSSR count). The summed E-state index contributed by atoms with van der Waals surface area (Å²) in [6.07, 6.45) is 6.46. The summed E-state index contributed by atoms with van der Waals surface area (Å²) in [5.41, 5.74) is 5.20. The van der Waals surface area contributed by atoms with Crippen molar-refractivity contribution in [1.82, 2.24) is 24.8 Å². The van der Waals surface area contributed by atoms with Gasteiger partial charge in [-0.25, -0.2) is 4.98 Å². The Balaban J connectivity index is 1.27. The molecule has 3 aromatic rings. The summed E-state index contributed by atoms with van der Waals surface area (Å²) in [6, 6.07) is 7.81. The van der Waals surface area contributed by atoms with Gasteiger partial charge in [-0.05, 0) is 67.3 Å². The molecular weight excluding hydrogens is 402 g/mol. The van der Waals surface area contributed by atoms with Gasteiger partial charge in [0.05, 0.1) is 17.4 Å². The van der Waals surface area contributed by atoms with Crippen LogP contribution in [0.15, 0.2) is 36.8 Å². The molecule has 1 saturated heterocycles. The highest BCUT2D eigenvalue weighted by molar-refractivity contribution is 5.98. The number of nitrogens with zero attached hydrogens (tertiary/aromatic N) is 4. The Morgan fingerprint density at radius 2 is 1.97 bits per heavy atom. The van der Waals surface area contributed by atoms with E-state index in [0.717, 1.165) is 41.4 Å². The van der Waals surface area contributed by atoms with E-state index in [9.17, 15) is 9.59 Å². The largest absolute Gasteiger partial charge is 0.348 e. The molecule has 0 radical (unpaired) electrons. The van der Waals surface area contributed by atoms with Gasteiger partial charge in [-0.2, -0.15) is 0 Å². The van der Waals surface area contributed by atoms with Gasteiger partial charge in [0.15, 0.2) is 0 Å². The van der Waals surface area contributed by atoms with E-state index in [1.807, 2.05) is 47.7 Å². The summed E-state index contributed by atoms with van der Waals surface area (Å²) >= 11 is 0. The number of imidazole rings is 1. The molecule has 2 amide bonds.